The minimum Gasteiger partial charge on any atom is -0.478 e. The van der Waals surface area contributed by atoms with Gasteiger partial charge in [-0.05, 0) is 31.4 Å². The minimum atomic E-state index is -1.12. The highest BCUT2D eigenvalue weighted by Gasteiger charge is 2.32. The number of carbonyl (C=O) groups excluding carboxylic acids is 1. The summed E-state index contributed by atoms with van der Waals surface area (Å²) in [6.07, 6.45) is 2.88. The number of rotatable bonds is 5. The fourth-order valence-corrected chi connectivity index (χ4v) is 2.65. The third-order valence-electron chi connectivity index (χ3n) is 3.23. The molecule has 0 aromatic heterocycles. The summed E-state index contributed by atoms with van der Waals surface area (Å²) in [4.78, 5) is 25.0. The topological polar surface area (TPSA) is 69.6 Å². The molecular formula is C14H16Cl2N2O3. The fraction of sp³-hybridized carbons (Fsp3) is 0.429. The van der Waals surface area contributed by atoms with E-state index in [1.165, 1.54) is 12.1 Å². The normalized spacial score (nSPS) is 13.9. The van der Waals surface area contributed by atoms with Gasteiger partial charge in [0.05, 0.1) is 21.3 Å². The van der Waals surface area contributed by atoms with Crippen molar-refractivity contribution in [2.45, 2.75) is 32.2 Å². The van der Waals surface area contributed by atoms with E-state index in [2.05, 4.69) is 5.32 Å². The number of carbonyl (C=O) groups is 2. The lowest BCUT2D eigenvalue weighted by Gasteiger charge is -2.23. The first-order chi connectivity index (χ1) is 9.93. The molecule has 2 N–H and O–H groups in total. The van der Waals surface area contributed by atoms with Crippen LogP contribution in [0.4, 0.5) is 10.5 Å². The second-order valence-corrected chi connectivity index (χ2v) is 5.79. The standard InChI is InChI=1S/C14H16Cl2N2O3/c1-2-5-18(9-3-4-9)14(21)17-12-10(15)6-8(13(19)20)7-11(12)16/h6-7,9H,2-5H2,1H3,(H,17,21)(H,19,20). The highest BCUT2D eigenvalue weighted by atomic mass is 35.5. The number of hydrogen-bond donors (Lipinski definition) is 2. The number of halogens is 2. The Labute approximate surface area is 132 Å². The van der Waals surface area contributed by atoms with Gasteiger partial charge >= 0.3 is 12.0 Å². The van der Waals surface area contributed by atoms with Crippen LogP contribution in [0.2, 0.25) is 10.0 Å². The number of carboxylic acid groups (broad SMARTS) is 1. The van der Waals surface area contributed by atoms with Gasteiger partial charge in [-0.1, -0.05) is 30.1 Å². The molecule has 0 atom stereocenters. The van der Waals surface area contributed by atoms with Crippen LogP contribution in [-0.2, 0) is 0 Å². The largest absolute Gasteiger partial charge is 0.478 e. The van der Waals surface area contributed by atoms with E-state index in [1.807, 2.05) is 6.92 Å². The molecule has 1 aromatic rings. The molecule has 2 rings (SSSR count). The molecule has 1 fully saturated rings. The Morgan fingerprint density at radius 2 is 1.90 bits per heavy atom. The monoisotopic (exact) mass is 330 g/mol. The van der Waals surface area contributed by atoms with Crippen LogP contribution in [0.5, 0.6) is 0 Å². The van der Waals surface area contributed by atoms with Crippen molar-refractivity contribution in [1.29, 1.82) is 0 Å². The highest BCUT2D eigenvalue weighted by molar-refractivity contribution is 6.40. The molecule has 0 saturated heterocycles. The smallest absolute Gasteiger partial charge is 0.335 e. The van der Waals surface area contributed by atoms with Gasteiger partial charge in [0.15, 0.2) is 0 Å². The predicted molar refractivity (Wildman–Crippen MR) is 82.5 cm³/mol. The Balaban J connectivity index is 2.18. The Morgan fingerprint density at radius 3 is 2.33 bits per heavy atom. The number of nitrogens with zero attached hydrogens (tertiary/aromatic N) is 1. The summed E-state index contributed by atoms with van der Waals surface area (Å²) in [6.45, 7) is 2.67. The lowest BCUT2D eigenvalue weighted by atomic mass is 10.2. The minimum absolute atomic E-state index is 0.0180. The molecule has 21 heavy (non-hydrogen) atoms. The summed E-state index contributed by atoms with van der Waals surface area (Å²) in [7, 11) is 0. The molecule has 1 aliphatic rings. The Kier molecular flexibility index (Phi) is 4.96. The van der Waals surface area contributed by atoms with Crippen molar-refractivity contribution >= 4 is 40.9 Å². The van der Waals surface area contributed by atoms with Gasteiger partial charge in [0.25, 0.3) is 0 Å². The molecule has 7 heteroatoms. The number of anilines is 1. The van der Waals surface area contributed by atoms with Gasteiger partial charge in [-0.3, -0.25) is 0 Å². The van der Waals surface area contributed by atoms with Crippen molar-refractivity contribution < 1.29 is 14.7 Å². The molecule has 1 saturated carbocycles. The molecule has 0 radical (unpaired) electrons. The summed E-state index contributed by atoms with van der Waals surface area (Å²) < 4.78 is 0. The summed E-state index contributed by atoms with van der Waals surface area (Å²) in [5, 5.41) is 11.8. The van der Waals surface area contributed by atoms with Crippen LogP contribution in [-0.4, -0.2) is 34.6 Å². The first-order valence-corrected chi connectivity index (χ1v) is 7.49. The zero-order valence-corrected chi connectivity index (χ0v) is 13.0. The number of benzene rings is 1. The number of aromatic carboxylic acids is 1. The summed E-state index contributed by atoms with van der Waals surface area (Å²) in [6, 6.07) is 2.56. The number of nitrogens with one attached hydrogen (secondary N) is 1. The van der Waals surface area contributed by atoms with Gasteiger partial charge in [-0.2, -0.15) is 0 Å². The van der Waals surface area contributed by atoms with Gasteiger partial charge in [-0.15, -0.1) is 0 Å². The maximum absolute atomic E-state index is 12.3. The Bertz CT molecular complexity index is 550. The van der Waals surface area contributed by atoms with Crippen LogP contribution >= 0.6 is 23.2 Å². The second-order valence-electron chi connectivity index (χ2n) is 4.97. The van der Waals surface area contributed by atoms with E-state index in [1.54, 1.807) is 4.90 Å². The van der Waals surface area contributed by atoms with Crippen LogP contribution in [0, 0.1) is 0 Å². The summed E-state index contributed by atoms with van der Waals surface area (Å²) in [5.74, 6) is -1.12. The van der Waals surface area contributed by atoms with Crippen molar-refractivity contribution in [3.8, 4) is 0 Å². The van der Waals surface area contributed by atoms with Gasteiger partial charge in [0.2, 0.25) is 0 Å². The summed E-state index contributed by atoms with van der Waals surface area (Å²) in [5.41, 5.74) is 0.227. The number of urea groups is 1. The van der Waals surface area contributed by atoms with E-state index >= 15 is 0 Å². The molecule has 0 bridgehead atoms. The third kappa shape index (κ3) is 3.80. The first-order valence-electron chi connectivity index (χ1n) is 6.74. The van der Waals surface area contributed by atoms with Crippen molar-refractivity contribution in [1.82, 2.24) is 4.90 Å². The van der Waals surface area contributed by atoms with Gasteiger partial charge in [0, 0.05) is 12.6 Å². The zero-order valence-electron chi connectivity index (χ0n) is 11.5. The van der Waals surface area contributed by atoms with Crippen LogP contribution in [0.15, 0.2) is 12.1 Å². The zero-order chi connectivity index (χ0) is 15.6. The highest BCUT2D eigenvalue weighted by Crippen LogP contribution is 2.33. The van der Waals surface area contributed by atoms with Crippen molar-refractivity contribution in [3.63, 3.8) is 0 Å². The van der Waals surface area contributed by atoms with Crippen LogP contribution in [0.3, 0.4) is 0 Å². The van der Waals surface area contributed by atoms with E-state index in [-0.39, 0.29) is 33.4 Å². The number of amides is 2. The average Bonchev–Trinajstić information content (AvgIpc) is 3.23. The van der Waals surface area contributed by atoms with E-state index < -0.39 is 5.97 Å². The lowest BCUT2D eigenvalue weighted by molar-refractivity contribution is 0.0697. The Morgan fingerprint density at radius 1 is 1.33 bits per heavy atom. The van der Waals surface area contributed by atoms with E-state index in [4.69, 9.17) is 28.3 Å². The molecule has 2 amide bonds. The van der Waals surface area contributed by atoms with Gasteiger partial charge in [-0.25, -0.2) is 9.59 Å². The average molecular weight is 331 g/mol. The summed E-state index contributed by atoms with van der Waals surface area (Å²) >= 11 is 12.0. The molecule has 1 aliphatic carbocycles. The maximum atomic E-state index is 12.3. The molecule has 0 unspecified atom stereocenters. The van der Waals surface area contributed by atoms with Crippen LogP contribution in [0.25, 0.3) is 0 Å². The second kappa shape index (κ2) is 6.54. The van der Waals surface area contributed by atoms with Crippen molar-refractivity contribution in [2.75, 3.05) is 11.9 Å². The van der Waals surface area contributed by atoms with Gasteiger partial charge in [0.1, 0.15) is 0 Å². The van der Waals surface area contributed by atoms with Gasteiger partial charge < -0.3 is 15.3 Å². The number of carboxylic acids is 1. The fourth-order valence-electron chi connectivity index (χ4n) is 2.07. The van der Waals surface area contributed by atoms with Crippen LogP contribution < -0.4 is 5.32 Å². The molecule has 0 spiro atoms. The maximum Gasteiger partial charge on any atom is 0.335 e. The SMILES string of the molecule is CCCN(C(=O)Nc1c(Cl)cc(C(=O)O)cc1Cl)C1CC1. The number of hydrogen-bond acceptors (Lipinski definition) is 2. The molecule has 114 valence electrons. The van der Waals surface area contributed by atoms with Crippen molar-refractivity contribution in [2.24, 2.45) is 0 Å². The molecular weight excluding hydrogens is 315 g/mol. The third-order valence-corrected chi connectivity index (χ3v) is 3.83. The molecule has 0 aliphatic heterocycles. The molecule has 0 heterocycles. The first kappa shape index (κ1) is 15.9. The van der Waals surface area contributed by atoms with Crippen LogP contribution in [0.1, 0.15) is 36.5 Å². The Hall–Kier alpha value is -1.46. The molecule has 5 nitrogen and oxygen atoms in total. The van der Waals surface area contributed by atoms with E-state index in [0.29, 0.717) is 6.54 Å². The predicted octanol–water partition coefficient (Wildman–Crippen LogP) is 4.10. The lowest BCUT2D eigenvalue weighted by Crippen LogP contribution is -2.37. The van der Waals surface area contributed by atoms with E-state index in [9.17, 15) is 9.59 Å². The quantitative estimate of drug-likeness (QED) is 0.853. The molecule has 1 aromatic carbocycles. The van der Waals surface area contributed by atoms with Crippen molar-refractivity contribution in [3.05, 3.63) is 27.7 Å². The van der Waals surface area contributed by atoms with E-state index in [0.717, 1.165) is 19.3 Å².